The number of hydrogen-bond donors (Lipinski definition) is 2. The van der Waals surface area contributed by atoms with E-state index < -0.39 is 15.7 Å². The summed E-state index contributed by atoms with van der Waals surface area (Å²) in [6.45, 7) is 1.40. The number of sulfone groups is 1. The van der Waals surface area contributed by atoms with Crippen LogP contribution >= 0.6 is 0 Å². The van der Waals surface area contributed by atoms with Crippen molar-refractivity contribution >= 4 is 27.2 Å². The van der Waals surface area contributed by atoms with E-state index in [0.717, 1.165) is 6.26 Å². The highest BCUT2D eigenvalue weighted by atomic mass is 32.2. The monoisotopic (exact) mass is 306 g/mol. The van der Waals surface area contributed by atoms with Crippen LogP contribution in [0, 0.1) is 0 Å². The van der Waals surface area contributed by atoms with Gasteiger partial charge >= 0.3 is 0 Å². The largest absolute Gasteiger partial charge is 0.356 e. The summed E-state index contributed by atoms with van der Waals surface area (Å²) in [5, 5.41) is 2.58. The number of hydrogen-bond acceptors (Lipinski definition) is 4. The molecule has 0 saturated carbocycles. The molecule has 2 N–H and O–H groups in total. The summed E-state index contributed by atoms with van der Waals surface area (Å²) in [6, 6.07) is 7.40. The lowest BCUT2D eigenvalue weighted by molar-refractivity contribution is 0.101. The summed E-state index contributed by atoms with van der Waals surface area (Å²) in [4.78, 5) is 26.0. The summed E-state index contributed by atoms with van der Waals surface area (Å²) in [5.41, 5.74) is 0.997. The molecule has 0 saturated heterocycles. The fraction of sp³-hybridized carbons (Fsp3) is 0.143. The molecule has 6 nitrogen and oxygen atoms in total. The third-order valence-corrected chi connectivity index (χ3v) is 3.96. The zero-order chi connectivity index (χ0) is 15.6. The Morgan fingerprint density at radius 2 is 1.90 bits per heavy atom. The van der Waals surface area contributed by atoms with Crippen LogP contribution in [0.3, 0.4) is 0 Å². The molecule has 21 heavy (non-hydrogen) atoms. The maximum atomic E-state index is 12.0. The Hall–Kier alpha value is -2.41. The Bertz CT molecular complexity index is 806. The average Bonchev–Trinajstić information content (AvgIpc) is 2.88. The molecule has 0 aliphatic rings. The minimum Gasteiger partial charge on any atom is -0.356 e. The van der Waals surface area contributed by atoms with E-state index >= 15 is 0 Å². The molecule has 1 heterocycles. The highest BCUT2D eigenvalue weighted by molar-refractivity contribution is 7.90. The number of benzene rings is 1. The SMILES string of the molecule is CC(=O)c1c[nH]c(C(=O)Nc2cccc(S(C)(=O)=O)c2)c1. The van der Waals surface area contributed by atoms with Crippen molar-refractivity contribution < 1.29 is 18.0 Å². The Morgan fingerprint density at radius 3 is 2.48 bits per heavy atom. The first-order valence-electron chi connectivity index (χ1n) is 6.08. The third kappa shape index (κ3) is 3.57. The first kappa shape index (κ1) is 15.0. The van der Waals surface area contributed by atoms with Gasteiger partial charge in [-0.25, -0.2) is 8.42 Å². The van der Waals surface area contributed by atoms with Gasteiger partial charge in [0.1, 0.15) is 5.69 Å². The molecule has 0 radical (unpaired) electrons. The van der Waals surface area contributed by atoms with Gasteiger partial charge in [-0.15, -0.1) is 0 Å². The third-order valence-electron chi connectivity index (χ3n) is 2.85. The molecular weight excluding hydrogens is 292 g/mol. The predicted molar refractivity (Wildman–Crippen MR) is 78.3 cm³/mol. The van der Waals surface area contributed by atoms with Crippen molar-refractivity contribution in [3.05, 3.63) is 47.8 Å². The van der Waals surface area contributed by atoms with Crippen molar-refractivity contribution in [1.82, 2.24) is 4.98 Å². The number of ketones is 1. The van der Waals surface area contributed by atoms with E-state index in [9.17, 15) is 18.0 Å². The van der Waals surface area contributed by atoms with Crippen molar-refractivity contribution in [2.45, 2.75) is 11.8 Å². The van der Waals surface area contributed by atoms with Gasteiger partial charge in [-0.05, 0) is 31.2 Å². The van der Waals surface area contributed by atoms with Gasteiger partial charge in [-0.1, -0.05) is 6.07 Å². The maximum Gasteiger partial charge on any atom is 0.272 e. The van der Waals surface area contributed by atoms with E-state index in [1.807, 2.05) is 0 Å². The summed E-state index contributed by atoms with van der Waals surface area (Å²) in [5.74, 6) is -0.600. The minimum atomic E-state index is -3.34. The van der Waals surface area contributed by atoms with Crippen LogP contribution in [0.15, 0.2) is 41.4 Å². The molecule has 7 heteroatoms. The Morgan fingerprint density at radius 1 is 1.19 bits per heavy atom. The summed E-state index contributed by atoms with van der Waals surface area (Å²) < 4.78 is 22.9. The van der Waals surface area contributed by atoms with Crippen molar-refractivity contribution in [1.29, 1.82) is 0 Å². The number of aromatic nitrogens is 1. The van der Waals surface area contributed by atoms with Crippen molar-refractivity contribution in [2.24, 2.45) is 0 Å². The lowest BCUT2D eigenvalue weighted by Gasteiger charge is -2.05. The van der Waals surface area contributed by atoms with Crippen LogP contribution in [0.2, 0.25) is 0 Å². The van der Waals surface area contributed by atoms with Gasteiger partial charge in [0.2, 0.25) is 0 Å². The van der Waals surface area contributed by atoms with E-state index in [0.29, 0.717) is 11.3 Å². The Kier molecular flexibility index (Phi) is 3.95. The van der Waals surface area contributed by atoms with E-state index in [-0.39, 0.29) is 16.4 Å². The molecule has 0 aliphatic heterocycles. The zero-order valence-electron chi connectivity index (χ0n) is 11.5. The minimum absolute atomic E-state index is 0.121. The van der Waals surface area contributed by atoms with Gasteiger partial charge in [0, 0.05) is 23.7 Å². The van der Waals surface area contributed by atoms with Crippen LogP contribution in [0.25, 0.3) is 0 Å². The fourth-order valence-corrected chi connectivity index (χ4v) is 2.40. The number of H-pyrrole nitrogens is 1. The molecule has 0 fully saturated rings. The average molecular weight is 306 g/mol. The molecule has 0 atom stereocenters. The van der Waals surface area contributed by atoms with Crippen molar-refractivity contribution in [3.63, 3.8) is 0 Å². The second kappa shape index (κ2) is 5.53. The number of rotatable bonds is 4. The van der Waals surface area contributed by atoms with Crippen LogP contribution in [-0.4, -0.2) is 31.3 Å². The normalized spacial score (nSPS) is 11.1. The molecule has 2 rings (SSSR count). The summed E-state index contributed by atoms with van der Waals surface area (Å²) >= 11 is 0. The molecule has 1 amide bonds. The van der Waals surface area contributed by atoms with Gasteiger partial charge in [0.15, 0.2) is 15.6 Å². The topological polar surface area (TPSA) is 96.1 Å². The molecular formula is C14H14N2O4S. The molecule has 1 aromatic carbocycles. The molecule has 0 unspecified atom stereocenters. The first-order valence-corrected chi connectivity index (χ1v) is 7.97. The number of aromatic amines is 1. The van der Waals surface area contributed by atoms with Gasteiger partial charge < -0.3 is 10.3 Å². The molecule has 1 aromatic heterocycles. The number of nitrogens with one attached hydrogen (secondary N) is 2. The van der Waals surface area contributed by atoms with Gasteiger partial charge in [0.25, 0.3) is 5.91 Å². The van der Waals surface area contributed by atoms with Crippen LogP contribution in [0.1, 0.15) is 27.8 Å². The summed E-state index contributed by atoms with van der Waals surface area (Å²) in [7, 11) is -3.34. The van der Waals surface area contributed by atoms with Crippen molar-refractivity contribution in [2.75, 3.05) is 11.6 Å². The van der Waals surface area contributed by atoms with Crippen LogP contribution in [0.5, 0.6) is 0 Å². The second-order valence-corrected chi connectivity index (χ2v) is 6.63. The highest BCUT2D eigenvalue weighted by Crippen LogP contribution is 2.16. The number of carbonyl (C=O) groups is 2. The van der Waals surface area contributed by atoms with E-state index in [2.05, 4.69) is 10.3 Å². The van der Waals surface area contributed by atoms with E-state index in [1.165, 1.54) is 31.3 Å². The Labute approximate surface area is 122 Å². The predicted octanol–water partition coefficient (Wildman–Crippen LogP) is 1.87. The maximum absolute atomic E-state index is 12.0. The van der Waals surface area contributed by atoms with Gasteiger partial charge in [0.05, 0.1) is 4.90 Å². The smallest absolute Gasteiger partial charge is 0.272 e. The number of anilines is 1. The molecule has 110 valence electrons. The highest BCUT2D eigenvalue weighted by Gasteiger charge is 2.12. The number of Topliss-reactive ketones (excluding diaryl/α,β-unsaturated/α-hetero) is 1. The fourth-order valence-electron chi connectivity index (χ4n) is 1.73. The molecule has 0 aliphatic carbocycles. The zero-order valence-corrected chi connectivity index (χ0v) is 12.3. The lowest BCUT2D eigenvalue weighted by atomic mass is 10.2. The van der Waals surface area contributed by atoms with Crippen LogP contribution < -0.4 is 5.32 Å². The lowest BCUT2D eigenvalue weighted by Crippen LogP contribution is -2.12. The number of carbonyl (C=O) groups excluding carboxylic acids is 2. The van der Waals surface area contributed by atoms with Crippen molar-refractivity contribution in [3.8, 4) is 0 Å². The first-order chi connectivity index (χ1) is 9.77. The Balaban J connectivity index is 2.21. The standard InChI is InChI=1S/C14H14N2O4S/c1-9(17)10-6-13(15-8-10)14(18)16-11-4-3-5-12(7-11)21(2,19)20/h3-8,15H,1-2H3,(H,16,18). The van der Waals surface area contributed by atoms with E-state index in [1.54, 1.807) is 12.1 Å². The van der Waals surface area contributed by atoms with Gasteiger partial charge in [-0.3, -0.25) is 9.59 Å². The van der Waals surface area contributed by atoms with Crippen LogP contribution in [-0.2, 0) is 9.84 Å². The molecule has 2 aromatic rings. The second-order valence-electron chi connectivity index (χ2n) is 4.61. The number of amides is 1. The van der Waals surface area contributed by atoms with E-state index in [4.69, 9.17) is 0 Å². The molecule has 0 spiro atoms. The quantitative estimate of drug-likeness (QED) is 0.843. The summed E-state index contributed by atoms with van der Waals surface area (Å²) in [6.07, 6.45) is 2.54. The molecule has 0 bridgehead atoms. The van der Waals surface area contributed by atoms with Crippen LogP contribution in [0.4, 0.5) is 5.69 Å². The van der Waals surface area contributed by atoms with Gasteiger partial charge in [-0.2, -0.15) is 0 Å².